The van der Waals surface area contributed by atoms with Crippen molar-refractivity contribution in [2.45, 2.75) is 45.1 Å². The minimum absolute atomic E-state index is 0.00220. The molecular formula is C14H25N3O2. The molecule has 1 saturated carbocycles. The number of carbonyl (C=O) groups excluding carboxylic acids is 2. The van der Waals surface area contributed by atoms with Gasteiger partial charge >= 0.3 is 0 Å². The zero-order chi connectivity index (χ0) is 13.8. The van der Waals surface area contributed by atoms with Crippen LogP contribution in [-0.4, -0.2) is 53.8 Å². The van der Waals surface area contributed by atoms with Gasteiger partial charge in [0.25, 0.3) is 0 Å². The van der Waals surface area contributed by atoms with E-state index >= 15 is 0 Å². The highest BCUT2D eigenvalue weighted by atomic mass is 16.2. The Bertz CT molecular complexity index is 346. The Morgan fingerprint density at radius 3 is 2.26 bits per heavy atom. The summed E-state index contributed by atoms with van der Waals surface area (Å²) in [4.78, 5) is 27.7. The topological polar surface area (TPSA) is 66.6 Å². The number of rotatable bonds is 1. The van der Waals surface area contributed by atoms with Crippen molar-refractivity contribution in [2.24, 2.45) is 11.7 Å². The summed E-state index contributed by atoms with van der Waals surface area (Å²) in [6.07, 6.45) is 5.00. The second kappa shape index (κ2) is 6.37. The monoisotopic (exact) mass is 267 g/mol. The van der Waals surface area contributed by atoms with Crippen LogP contribution in [0.1, 0.15) is 39.0 Å². The number of nitrogens with zero attached hydrogens (tertiary/aromatic N) is 2. The van der Waals surface area contributed by atoms with Gasteiger partial charge in [0.1, 0.15) is 0 Å². The SMILES string of the molecule is CC(=O)N1CCCN(C(=O)C2CCCCC2N)CC1. The summed E-state index contributed by atoms with van der Waals surface area (Å²) in [7, 11) is 0. The standard InChI is InChI=1S/C14H25N3O2/c1-11(18)16-7-4-8-17(10-9-16)14(19)12-5-2-3-6-13(12)15/h12-13H,2-10,15H2,1H3. The zero-order valence-electron chi connectivity index (χ0n) is 11.8. The number of hydrogen-bond acceptors (Lipinski definition) is 3. The van der Waals surface area contributed by atoms with E-state index in [9.17, 15) is 9.59 Å². The molecule has 1 aliphatic carbocycles. The van der Waals surface area contributed by atoms with Crippen LogP contribution < -0.4 is 5.73 Å². The van der Waals surface area contributed by atoms with Crippen molar-refractivity contribution in [1.29, 1.82) is 0 Å². The van der Waals surface area contributed by atoms with Gasteiger partial charge in [-0.25, -0.2) is 0 Å². The maximum absolute atomic E-state index is 12.5. The van der Waals surface area contributed by atoms with Crippen molar-refractivity contribution in [1.82, 2.24) is 9.80 Å². The lowest BCUT2D eigenvalue weighted by Gasteiger charge is -2.32. The van der Waals surface area contributed by atoms with Crippen LogP contribution in [-0.2, 0) is 9.59 Å². The second-order valence-electron chi connectivity index (χ2n) is 5.74. The Morgan fingerprint density at radius 1 is 0.947 bits per heavy atom. The van der Waals surface area contributed by atoms with Crippen LogP contribution in [0, 0.1) is 5.92 Å². The summed E-state index contributed by atoms with van der Waals surface area (Å²) < 4.78 is 0. The molecule has 2 unspecified atom stereocenters. The van der Waals surface area contributed by atoms with Crippen LogP contribution in [0.25, 0.3) is 0 Å². The number of amides is 2. The van der Waals surface area contributed by atoms with E-state index in [0.29, 0.717) is 13.1 Å². The Morgan fingerprint density at radius 2 is 1.58 bits per heavy atom. The summed E-state index contributed by atoms with van der Waals surface area (Å²) in [5, 5.41) is 0. The molecule has 1 saturated heterocycles. The molecular weight excluding hydrogens is 242 g/mol. The maximum Gasteiger partial charge on any atom is 0.227 e. The molecule has 5 heteroatoms. The van der Waals surface area contributed by atoms with E-state index in [-0.39, 0.29) is 23.8 Å². The van der Waals surface area contributed by atoms with Gasteiger partial charge in [0.2, 0.25) is 11.8 Å². The van der Waals surface area contributed by atoms with E-state index in [1.54, 1.807) is 6.92 Å². The van der Waals surface area contributed by atoms with Gasteiger partial charge in [-0.1, -0.05) is 12.8 Å². The molecule has 0 bridgehead atoms. The zero-order valence-corrected chi connectivity index (χ0v) is 11.8. The minimum Gasteiger partial charge on any atom is -0.341 e. The molecule has 2 rings (SSSR count). The average molecular weight is 267 g/mol. The molecule has 2 atom stereocenters. The molecule has 1 heterocycles. The first-order valence-corrected chi connectivity index (χ1v) is 7.39. The molecule has 108 valence electrons. The molecule has 0 spiro atoms. The van der Waals surface area contributed by atoms with Gasteiger partial charge < -0.3 is 15.5 Å². The molecule has 0 aromatic heterocycles. The highest BCUT2D eigenvalue weighted by molar-refractivity contribution is 5.80. The fraction of sp³-hybridized carbons (Fsp3) is 0.857. The van der Waals surface area contributed by atoms with Crippen molar-refractivity contribution in [3.8, 4) is 0 Å². The largest absolute Gasteiger partial charge is 0.341 e. The lowest BCUT2D eigenvalue weighted by molar-refractivity contribution is -0.137. The first-order chi connectivity index (χ1) is 9.09. The molecule has 2 N–H and O–H groups in total. The molecule has 2 aliphatic rings. The smallest absolute Gasteiger partial charge is 0.227 e. The number of nitrogens with two attached hydrogens (primary N) is 1. The summed E-state index contributed by atoms with van der Waals surface area (Å²) in [5.41, 5.74) is 6.09. The summed E-state index contributed by atoms with van der Waals surface area (Å²) in [5.74, 6) is 0.305. The van der Waals surface area contributed by atoms with Crippen LogP contribution in [0.5, 0.6) is 0 Å². The fourth-order valence-corrected chi connectivity index (χ4v) is 3.15. The Hall–Kier alpha value is -1.10. The highest BCUT2D eigenvalue weighted by Gasteiger charge is 2.32. The number of carbonyl (C=O) groups is 2. The van der Waals surface area contributed by atoms with Gasteiger partial charge in [0, 0.05) is 39.1 Å². The van der Waals surface area contributed by atoms with Gasteiger partial charge in [-0.15, -0.1) is 0 Å². The molecule has 0 radical (unpaired) electrons. The normalized spacial score (nSPS) is 28.9. The predicted molar refractivity (Wildman–Crippen MR) is 73.4 cm³/mol. The molecule has 1 aliphatic heterocycles. The lowest BCUT2D eigenvalue weighted by atomic mass is 9.84. The molecule has 19 heavy (non-hydrogen) atoms. The van der Waals surface area contributed by atoms with Crippen LogP contribution in [0.2, 0.25) is 0 Å². The van der Waals surface area contributed by atoms with Gasteiger partial charge in [-0.2, -0.15) is 0 Å². The van der Waals surface area contributed by atoms with Gasteiger partial charge in [0.05, 0.1) is 5.92 Å². The van der Waals surface area contributed by atoms with E-state index in [1.807, 2.05) is 9.80 Å². The maximum atomic E-state index is 12.5. The summed E-state index contributed by atoms with van der Waals surface area (Å²) in [6.45, 7) is 4.42. The van der Waals surface area contributed by atoms with Crippen LogP contribution in [0.3, 0.4) is 0 Å². The van der Waals surface area contributed by atoms with Crippen LogP contribution >= 0.6 is 0 Å². The lowest BCUT2D eigenvalue weighted by Crippen LogP contribution is -2.46. The third-order valence-corrected chi connectivity index (χ3v) is 4.39. The average Bonchev–Trinajstić information content (AvgIpc) is 2.64. The Labute approximate surface area is 115 Å². The van der Waals surface area contributed by atoms with Crippen LogP contribution in [0.15, 0.2) is 0 Å². The van der Waals surface area contributed by atoms with Crippen molar-refractivity contribution in [3.63, 3.8) is 0 Å². The van der Waals surface area contributed by atoms with Crippen molar-refractivity contribution < 1.29 is 9.59 Å². The summed E-state index contributed by atoms with van der Waals surface area (Å²) >= 11 is 0. The molecule has 5 nitrogen and oxygen atoms in total. The first-order valence-electron chi connectivity index (χ1n) is 7.39. The van der Waals surface area contributed by atoms with Crippen molar-refractivity contribution in [2.75, 3.05) is 26.2 Å². The third kappa shape index (κ3) is 3.47. The summed E-state index contributed by atoms with van der Waals surface area (Å²) in [6, 6.07) is 0.0217. The van der Waals surface area contributed by atoms with E-state index in [0.717, 1.165) is 45.2 Å². The predicted octanol–water partition coefficient (Wildman–Crippen LogP) is 0.585. The van der Waals surface area contributed by atoms with Gasteiger partial charge in [-0.3, -0.25) is 9.59 Å². The Balaban J connectivity index is 1.93. The van der Waals surface area contributed by atoms with Gasteiger partial charge in [-0.05, 0) is 19.3 Å². The fourth-order valence-electron chi connectivity index (χ4n) is 3.15. The molecule has 0 aromatic carbocycles. The van der Waals surface area contributed by atoms with E-state index in [1.165, 1.54) is 0 Å². The van der Waals surface area contributed by atoms with E-state index in [2.05, 4.69) is 0 Å². The van der Waals surface area contributed by atoms with Crippen LogP contribution in [0.4, 0.5) is 0 Å². The first kappa shape index (κ1) is 14.3. The number of hydrogen-bond donors (Lipinski definition) is 1. The molecule has 0 aromatic rings. The third-order valence-electron chi connectivity index (χ3n) is 4.39. The Kier molecular flexibility index (Phi) is 4.80. The highest BCUT2D eigenvalue weighted by Crippen LogP contribution is 2.25. The molecule has 2 fully saturated rings. The van der Waals surface area contributed by atoms with E-state index in [4.69, 9.17) is 5.73 Å². The quantitative estimate of drug-likeness (QED) is 0.756. The van der Waals surface area contributed by atoms with Crippen molar-refractivity contribution >= 4 is 11.8 Å². The van der Waals surface area contributed by atoms with Gasteiger partial charge in [0.15, 0.2) is 0 Å². The molecule has 2 amide bonds. The van der Waals surface area contributed by atoms with E-state index < -0.39 is 0 Å². The minimum atomic E-state index is -0.00220. The van der Waals surface area contributed by atoms with Crippen molar-refractivity contribution in [3.05, 3.63) is 0 Å². The second-order valence-corrected chi connectivity index (χ2v) is 5.74.